The lowest BCUT2D eigenvalue weighted by Crippen LogP contribution is -2.44. The summed E-state index contributed by atoms with van der Waals surface area (Å²) in [6.45, 7) is 6.47. The molecule has 6 nitrogen and oxygen atoms in total. The molecule has 1 saturated heterocycles. The summed E-state index contributed by atoms with van der Waals surface area (Å²) in [7, 11) is 2.18. The average molecular weight is 372 g/mol. The van der Waals surface area contributed by atoms with E-state index in [-0.39, 0.29) is 0 Å². The second-order valence-electron chi connectivity index (χ2n) is 7.51. The zero-order valence-electron chi connectivity index (χ0n) is 16.3. The first-order chi connectivity index (χ1) is 13.7. The third kappa shape index (κ3) is 2.96. The first-order valence-corrected chi connectivity index (χ1v) is 9.71. The van der Waals surface area contributed by atoms with Gasteiger partial charge in [0, 0.05) is 44.3 Å². The molecule has 6 heteroatoms. The van der Waals surface area contributed by atoms with E-state index in [1.54, 1.807) is 6.20 Å². The first-order valence-electron chi connectivity index (χ1n) is 9.71. The fourth-order valence-corrected chi connectivity index (χ4v) is 3.94. The molecule has 5 rings (SSSR count). The Labute approximate surface area is 164 Å². The highest BCUT2D eigenvalue weighted by atomic mass is 15.2. The molecule has 3 aromatic heterocycles. The van der Waals surface area contributed by atoms with Crippen LogP contribution in [0.25, 0.3) is 28.2 Å². The summed E-state index contributed by atoms with van der Waals surface area (Å²) in [5.41, 5.74) is 6.65. The third-order valence-corrected chi connectivity index (χ3v) is 5.55. The van der Waals surface area contributed by atoms with Crippen LogP contribution in [0.3, 0.4) is 0 Å². The number of pyridine rings is 1. The first kappa shape index (κ1) is 17.0. The smallest absolute Gasteiger partial charge is 0.155 e. The van der Waals surface area contributed by atoms with E-state index in [9.17, 15) is 0 Å². The van der Waals surface area contributed by atoms with E-state index < -0.39 is 0 Å². The quantitative estimate of drug-likeness (QED) is 0.598. The number of benzene rings is 1. The Morgan fingerprint density at radius 2 is 1.86 bits per heavy atom. The molecule has 0 aliphatic carbocycles. The van der Waals surface area contributed by atoms with Crippen molar-refractivity contribution in [1.29, 1.82) is 0 Å². The normalized spacial score (nSPS) is 15.4. The topological polar surface area (TPSA) is 53.0 Å². The van der Waals surface area contributed by atoms with E-state index in [0.717, 1.165) is 54.4 Å². The Hall–Kier alpha value is -3.12. The fourth-order valence-electron chi connectivity index (χ4n) is 3.94. The van der Waals surface area contributed by atoms with Crippen molar-refractivity contribution in [2.24, 2.45) is 0 Å². The van der Waals surface area contributed by atoms with Crippen LogP contribution in [0, 0.1) is 6.92 Å². The molecule has 1 aromatic carbocycles. The summed E-state index contributed by atoms with van der Waals surface area (Å²) in [5, 5.41) is 0. The predicted octanol–water partition coefficient (Wildman–Crippen LogP) is 3.48. The van der Waals surface area contributed by atoms with Crippen molar-refractivity contribution in [2.75, 3.05) is 38.1 Å². The van der Waals surface area contributed by atoms with E-state index in [1.165, 1.54) is 11.3 Å². The maximum absolute atomic E-state index is 4.92. The zero-order chi connectivity index (χ0) is 19.1. The number of hydrogen-bond donors (Lipinski definition) is 1. The largest absolute Gasteiger partial charge is 0.369 e. The monoisotopic (exact) mass is 372 g/mol. The van der Waals surface area contributed by atoms with Gasteiger partial charge < -0.3 is 19.4 Å². The van der Waals surface area contributed by atoms with Gasteiger partial charge in [0.1, 0.15) is 0 Å². The maximum Gasteiger partial charge on any atom is 0.155 e. The Morgan fingerprint density at radius 1 is 1.00 bits per heavy atom. The van der Waals surface area contributed by atoms with Gasteiger partial charge in [-0.15, -0.1) is 0 Å². The molecule has 0 bridgehead atoms. The van der Waals surface area contributed by atoms with Gasteiger partial charge in [0.25, 0.3) is 0 Å². The minimum absolute atomic E-state index is 0.877. The molecule has 0 saturated carbocycles. The highest BCUT2D eigenvalue weighted by Crippen LogP contribution is 2.29. The molecule has 1 N–H and O–H groups in total. The zero-order valence-corrected chi connectivity index (χ0v) is 16.3. The number of anilines is 1. The van der Waals surface area contributed by atoms with Crippen LogP contribution in [-0.4, -0.2) is 57.6 Å². The summed E-state index contributed by atoms with van der Waals surface area (Å²) < 4.78 is 2.11. The van der Waals surface area contributed by atoms with E-state index in [2.05, 4.69) is 62.6 Å². The van der Waals surface area contributed by atoms with Gasteiger partial charge >= 0.3 is 0 Å². The molecule has 142 valence electrons. The number of fused-ring (bicyclic) bond motifs is 1. The summed E-state index contributed by atoms with van der Waals surface area (Å²) in [6, 6.07) is 12.6. The molecule has 0 atom stereocenters. The van der Waals surface area contributed by atoms with Crippen molar-refractivity contribution >= 4 is 16.7 Å². The number of imidazole rings is 1. The molecule has 0 amide bonds. The molecule has 4 aromatic rings. The summed E-state index contributed by atoms with van der Waals surface area (Å²) in [5.74, 6) is 0.877. The van der Waals surface area contributed by atoms with Crippen LogP contribution in [0.4, 0.5) is 5.69 Å². The van der Waals surface area contributed by atoms with Crippen LogP contribution in [0.5, 0.6) is 0 Å². The van der Waals surface area contributed by atoms with Gasteiger partial charge in [0.05, 0.1) is 28.6 Å². The Bertz CT molecular complexity index is 1100. The number of nitrogens with one attached hydrogen (secondary N) is 1. The van der Waals surface area contributed by atoms with Crippen LogP contribution < -0.4 is 4.90 Å². The second-order valence-corrected chi connectivity index (χ2v) is 7.51. The van der Waals surface area contributed by atoms with Gasteiger partial charge in [-0.2, -0.15) is 0 Å². The number of aromatic nitrogens is 4. The Morgan fingerprint density at radius 3 is 2.64 bits per heavy atom. The number of nitrogens with zero attached hydrogens (tertiary/aromatic N) is 5. The lowest BCUT2D eigenvalue weighted by molar-refractivity contribution is 0.313. The average Bonchev–Trinajstić information content (AvgIpc) is 3.36. The molecule has 28 heavy (non-hydrogen) atoms. The molecule has 0 radical (unpaired) electrons. The van der Waals surface area contributed by atoms with Gasteiger partial charge in [-0.3, -0.25) is 4.98 Å². The highest BCUT2D eigenvalue weighted by Gasteiger charge is 2.17. The molecule has 1 fully saturated rings. The van der Waals surface area contributed by atoms with Crippen LogP contribution in [0.15, 0.2) is 55.0 Å². The molecule has 0 spiro atoms. The predicted molar refractivity (Wildman–Crippen MR) is 113 cm³/mol. The Balaban J connectivity index is 1.55. The van der Waals surface area contributed by atoms with Crippen LogP contribution in [-0.2, 0) is 0 Å². The number of aromatic amines is 1. The minimum atomic E-state index is 0.877. The molecular formula is C22H24N6. The highest BCUT2D eigenvalue weighted by molar-refractivity contribution is 5.85. The molecular weight excluding hydrogens is 348 g/mol. The van der Waals surface area contributed by atoms with E-state index in [4.69, 9.17) is 4.98 Å². The van der Waals surface area contributed by atoms with Gasteiger partial charge in [-0.05, 0) is 55.9 Å². The van der Waals surface area contributed by atoms with Gasteiger partial charge in [-0.25, -0.2) is 4.98 Å². The molecule has 4 heterocycles. The molecule has 1 aliphatic rings. The number of likely N-dealkylation sites (N-methyl/N-ethyl adjacent to an activating group) is 1. The van der Waals surface area contributed by atoms with Crippen molar-refractivity contribution in [3.63, 3.8) is 0 Å². The standard InChI is InChI=1S/C22H24N6/c1-16-13-18(27-11-9-26(2)10-12-27)14-19-21(16)25-22(24-19)20-6-4-8-28(20)17-5-3-7-23-15-17/h3-8,13-15H,9-12H2,1-2H3,(H,24,25). The number of aryl methyl sites for hydroxylation is 1. The number of rotatable bonds is 3. The van der Waals surface area contributed by atoms with Crippen LogP contribution >= 0.6 is 0 Å². The van der Waals surface area contributed by atoms with Crippen LogP contribution in [0.2, 0.25) is 0 Å². The number of hydrogen-bond acceptors (Lipinski definition) is 4. The van der Waals surface area contributed by atoms with Gasteiger partial charge in [-0.1, -0.05) is 0 Å². The van der Waals surface area contributed by atoms with Crippen molar-refractivity contribution in [1.82, 2.24) is 24.4 Å². The summed E-state index contributed by atoms with van der Waals surface area (Å²) in [4.78, 5) is 17.5. The third-order valence-electron chi connectivity index (χ3n) is 5.55. The van der Waals surface area contributed by atoms with Crippen molar-refractivity contribution in [2.45, 2.75) is 6.92 Å². The molecule has 1 aliphatic heterocycles. The number of piperazine rings is 1. The van der Waals surface area contributed by atoms with E-state index in [0.29, 0.717) is 0 Å². The SMILES string of the molecule is Cc1cc(N2CCN(C)CC2)cc2[nH]c(-c3cccn3-c3cccnc3)nc12. The fraction of sp³-hybridized carbons (Fsp3) is 0.273. The Kier molecular flexibility index (Phi) is 4.13. The summed E-state index contributed by atoms with van der Waals surface area (Å²) >= 11 is 0. The van der Waals surface area contributed by atoms with Crippen molar-refractivity contribution in [3.05, 3.63) is 60.6 Å². The second kappa shape index (κ2) is 6.80. The number of H-pyrrole nitrogens is 1. The lowest BCUT2D eigenvalue weighted by Gasteiger charge is -2.34. The minimum Gasteiger partial charge on any atom is -0.369 e. The maximum atomic E-state index is 4.92. The van der Waals surface area contributed by atoms with Crippen LogP contribution in [0.1, 0.15) is 5.56 Å². The van der Waals surface area contributed by atoms with Crippen molar-refractivity contribution in [3.8, 4) is 17.2 Å². The van der Waals surface area contributed by atoms with Crippen molar-refractivity contribution < 1.29 is 0 Å². The molecule has 0 unspecified atom stereocenters. The van der Waals surface area contributed by atoms with E-state index >= 15 is 0 Å². The van der Waals surface area contributed by atoms with E-state index in [1.807, 2.05) is 24.5 Å². The van der Waals surface area contributed by atoms with Gasteiger partial charge in [0.2, 0.25) is 0 Å². The summed E-state index contributed by atoms with van der Waals surface area (Å²) in [6.07, 6.45) is 5.70. The van der Waals surface area contributed by atoms with Gasteiger partial charge in [0.15, 0.2) is 5.82 Å². The lowest BCUT2D eigenvalue weighted by atomic mass is 10.1.